The summed E-state index contributed by atoms with van der Waals surface area (Å²) in [4.78, 5) is 19.7. The monoisotopic (exact) mass is 508 g/mol. The molecule has 0 unspecified atom stereocenters. The lowest BCUT2D eigenvalue weighted by Gasteiger charge is -2.30. The van der Waals surface area contributed by atoms with E-state index < -0.39 is 5.41 Å². The van der Waals surface area contributed by atoms with Crippen molar-refractivity contribution in [3.8, 4) is 0 Å². The fourth-order valence-electron chi connectivity index (χ4n) is 6.09. The second-order valence-corrected chi connectivity index (χ2v) is 11.4. The van der Waals surface area contributed by atoms with Gasteiger partial charge in [-0.15, -0.1) is 0 Å². The molecule has 5 rings (SSSR count). The van der Waals surface area contributed by atoms with Crippen LogP contribution < -0.4 is 0 Å². The topological polar surface area (TPSA) is 42.4 Å². The van der Waals surface area contributed by atoms with Crippen molar-refractivity contribution in [3.63, 3.8) is 0 Å². The summed E-state index contributed by atoms with van der Waals surface area (Å²) < 4.78 is 5.02. The Kier molecular flexibility index (Phi) is 7.80. The number of benzene rings is 2. The van der Waals surface area contributed by atoms with Crippen LogP contribution in [0.4, 0.5) is 0 Å². The van der Waals surface area contributed by atoms with E-state index in [1.165, 1.54) is 46.2 Å². The molecule has 2 aromatic carbocycles. The minimum absolute atomic E-state index is 0.197. The Balaban J connectivity index is 1.26. The first-order valence-electron chi connectivity index (χ1n) is 14.0. The number of piperidine rings is 1. The number of rotatable bonds is 6. The number of carbonyl (C=O) groups excluding carboxylic acids is 1. The lowest BCUT2D eigenvalue weighted by Crippen LogP contribution is -2.32. The van der Waals surface area contributed by atoms with Crippen molar-refractivity contribution in [2.75, 3.05) is 26.7 Å². The van der Waals surface area contributed by atoms with Gasteiger partial charge in [0.2, 0.25) is 0 Å². The van der Waals surface area contributed by atoms with E-state index in [1.807, 2.05) is 26.1 Å². The molecule has 1 aromatic heterocycles. The molecule has 0 radical (unpaired) electrons. The van der Waals surface area contributed by atoms with Crippen LogP contribution in [0.2, 0.25) is 0 Å². The number of likely N-dealkylation sites (tertiary alicyclic amines) is 1. The van der Waals surface area contributed by atoms with Gasteiger partial charge < -0.3 is 9.64 Å². The van der Waals surface area contributed by atoms with E-state index in [-0.39, 0.29) is 5.97 Å². The summed E-state index contributed by atoms with van der Waals surface area (Å²) in [7, 11) is 1.46. The molecule has 0 spiro atoms. The van der Waals surface area contributed by atoms with E-state index in [1.54, 1.807) is 5.57 Å². The average molecular weight is 509 g/mol. The molecule has 38 heavy (non-hydrogen) atoms. The van der Waals surface area contributed by atoms with Crippen LogP contribution in [-0.4, -0.2) is 42.6 Å². The number of nitrogens with zero attached hydrogens (tertiary/aromatic N) is 2. The van der Waals surface area contributed by atoms with E-state index >= 15 is 0 Å². The number of ether oxygens (including phenoxy) is 1. The highest BCUT2D eigenvalue weighted by Crippen LogP contribution is 2.38. The SMILES string of the molecule is COC(=O)C(C)(C)c1cccc(CCCN2CCC(=C3c4ccc(C)cc4CCc4cccnc43)CC2)c1. The van der Waals surface area contributed by atoms with Gasteiger partial charge in [-0.25, -0.2) is 0 Å². The Morgan fingerprint density at radius 3 is 2.55 bits per heavy atom. The van der Waals surface area contributed by atoms with Crippen molar-refractivity contribution in [1.82, 2.24) is 9.88 Å². The number of carbonyl (C=O) groups is 1. The number of esters is 1. The Morgan fingerprint density at radius 2 is 1.76 bits per heavy atom. The van der Waals surface area contributed by atoms with Crippen LogP contribution in [0.3, 0.4) is 0 Å². The van der Waals surface area contributed by atoms with Gasteiger partial charge in [-0.3, -0.25) is 9.78 Å². The first-order chi connectivity index (χ1) is 18.4. The lowest BCUT2D eigenvalue weighted by molar-refractivity contribution is -0.146. The lowest BCUT2D eigenvalue weighted by atomic mass is 9.83. The fraction of sp³-hybridized carbons (Fsp3) is 0.412. The molecule has 0 atom stereocenters. The average Bonchev–Trinajstić information content (AvgIpc) is 3.10. The molecule has 4 nitrogen and oxygen atoms in total. The maximum Gasteiger partial charge on any atom is 0.315 e. The highest BCUT2D eigenvalue weighted by Gasteiger charge is 2.31. The molecule has 0 amide bonds. The van der Waals surface area contributed by atoms with Crippen LogP contribution in [0, 0.1) is 6.92 Å². The third kappa shape index (κ3) is 5.47. The van der Waals surface area contributed by atoms with Gasteiger partial charge in [0.05, 0.1) is 18.2 Å². The van der Waals surface area contributed by atoms with E-state index in [0.717, 1.165) is 63.7 Å². The molecule has 198 valence electrons. The summed E-state index contributed by atoms with van der Waals surface area (Å²) in [5.41, 5.74) is 11.4. The van der Waals surface area contributed by atoms with Crippen LogP contribution in [0.1, 0.15) is 72.2 Å². The maximum absolute atomic E-state index is 12.2. The number of hydrogen-bond acceptors (Lipinski definition) is 4. The molecule has 0 bridgehead atoms. The summed E-state index contributed by atoms with van der Waals surface area (Å²) in [5.74, 6) is -0.197. The maximum atomic E-state index is 12.2. The zero-order chi connectivity index (χ0) is 26.7. The molecular formula is C34H40N2O2. The van der Waals surface area contributed by atoms with Crippen molar-refractivity contribution in [1.29, 1.82) is 0 Å². The van der Waals surface area contributed by atoms with Gasteiger partial charge in [-0.1, -0.05) is 59.7 Å². The van der Waals surface area contributed by atoms with Crippen LogP contribution in [-0.2, 0) is 34.2 Å². The van der Waals surface area contributed by atoms with Crippen LogP contribution in [0.5, 0.6) is 0 Å². The van der Waals surface area contributed by atoms with Crippen LogP contribution >= 0.6 is 0 Å². The highest BCUT2D eigenvalue weighted by atomic mass is 16.5. The summed E-state index contributed by atoms with van der Waals surface area (Å²) in [6.45, 7) is 9.34. The predicted octanol–water partition coefficient (Wildman–Crippen LogP) is 6.47. The molecule has 4 heteroatoms. The zero-order valence-corrected chi connectivity index (χ0v) is 23.3. The Morgan fingerprint density at radius 1 is 0.974 bits per heavy atom. The van der Waals surface area contributed by atoms with E-state index in [9.17, 15) is 4.79 Å². The van der Waals surface area contributed by atoms with Crippen molar-refractivity contribution < 1.29 is 9.53 Å². The second-order valence-electron chi connectivity index (χ2n) is 11.4. The Bertz CT molecular complexity index is 1340. The number of methoxy groups -OCH3 is 1. The van der Waals surface area contributed by atoms with Gasteiger partial charge in [0.25, 0.3) is 0 Å². The van der Waals surface area contributed by atoms with Gasteiger partial charge in [-0.2, -0.15) is 0 Å². The normalized spacial score (nSPS) is 16.0. The molecule has 2 aliphatic rings. The number of aryl methyl sites for hydroxylation is 4. The molecule has 1 aliphatic carbocycles. The fourth-order valence-corrected chi connectivity index (χ4v) is 6.09. The number of hydrogen-bond donors (Lipinski definition) is 0. The van der Waals surface area contributed by atoms with E-state index in [2.05, 4.69) is 60.4 Å². The van der Waals surface area contributed by atoms with E-state index in [4.69, 9.17) is 9.72 Å². The molecule has 2 heterocycles. The standard InChI is InChI=1S/C34H40N2O2/c1-24-12-15-30-28(22-24)14-13-27-10-6-18-35-32(27)31(30)26-16-20-36(21-17-26)19-7-9-25-8-5-11-29(23-25)34(2,3)33(37)38-4/h5-6,8,10-12,15,18,22-23H,7,9,13-14,16-17,19-21H2,1-4H3. The molecule has 0 saturated carbocycles. The second kappa shape index (κ2) is 11.2. The quantitative estimate of drug-likeness (QED) is 0.358. The summed E-state index contributed by atoms with van der Waals surface area (Å²) in [6, 6.07) is 19.7. The third-order valence-corrected chi connectivity index (χ3v) is 8.42. The van der Waals surface area contributed by atoms with E-state index in [0.29, 0.717) is 0 Å². The number of aromatic nitrogens is 1. The molecule has 3 aromatic rings. The van der Waals surface area contributed by atoms with Gasteiger partial charge in [0.1, 0.15) is 0 Å². The summed E-state index contributed by atoms with van der Waals surface area (Å²) in [5, 5.41) is 0. The first-order valence-corrected chi connectivity index (χ1v) is 14.0. The number of pyridine rings is 1. The summed E-state index contributed by atoms with van der Waals surface area (Å²) in [6.07, 6.45) is 8.41. The van der Waals surface area contributed by atoms with Crippen molar-refractivity contribution in [3.05, 3.63) is 105 Å². The zero-order valence-electron chi connectivity index (χ0n) is 23.3. The van der Waals surface area contributed by atoms with Gasteiger partial charge >= 0.3 is 5.97 Å². The van der Waals surface area contributed by atoms with Crippen LogP contribution in [0.25, 0.3) is 5.57 Å². The Labute approximate surface area is 227 Å². The molecule has 1 aliphatic heterocycles. The molecule has 1 saturated heterocycles. The predicted molar refractivity (Wildman–Crippen MR) is 154 cm³/mol. The van der Waals surface area contributed by atoms with Gasteiger partial charge in [0.15, 0.2) is 0 Å². The minimum atomic E-state index is -0.635. The largest absolute Gasteiger partial charge is 0.468 e. The third-order valence-electron chi connectivity index (χ3n) is 8.42. The summed E-state index contributed by atoms with van der Waals surface area (Å²) >= 11 is 0. The number of fused-ring (bicyclic) bond motifs is 2. The minimum Gasteiger partial charge on any atom is -0.468 e. The van der Waals surface area contributed by atoms with Crippen molar-refractivity contribution in [2.45, 2.75) is 64.7 Å². The Hall–Kier alpha value is -3.24. The van der Waals surface area contributed by atoms with Crippen molar-refractivity contribution >= 4 is 11.5 Å². The van der Waals surface area contributed by atoms with Crippen molar-refractivity contribution in [2.24, 2.45) is 0 Å². The molecule has 1 fully saturated rings. The first kappa shape index (κ1) is 26.4. The molecular weight excluding hydrogens is 468 g/mol. The highest BCUT2D eigenvalue weighted by molar-refractivity contribution is 5.84. The van der Waals surface area contributed by atoms with Gasteiger partial charge in [-0.05, 0) is 99.7 Å². The van der Waals surface area contributed by atoms with Gasteiger partial charge in [0, 0.05) is 24.9 Å². The van der Waals surface area contributed by atoms with Crippen LogP contribution in [0.15, 0.2) is 66.4 Å². The molecule has 0 N–H and O–H groups in total. The smallest absolute Gasteiger partial charge is 0.315 e.